The summed E-state index contributed by atoms with van der Waals surface area (Å²) in [5.41, 5.74) is 3.15. The number of nitrogens with one attached hydrogen (secondary N) is 1. The van der Waals surface area contributed by atoms with E-state index in [4.69, 9.17) is 4.74 Å². The van der Waals surface area contributed by atoms with Gasteiger partial charge in [-0.3, -0.25) is 9.48 Å². The third kappa shape index (κ3) is 2.44. The van der Waals surface area contributed by atoms with Crippen molar-refractivity contribution in [1.82, 2.24) is 30.1 Å². The van der Waals surface area contributed by atoms with Gasteiger partial charge in [-0.15, -0.1) is 5.10 Å². The van der Waals surface area contributed by atoms with Gasteiger partial charge in [-0.1, -0.05) is 5.21 Å². The van der Waals surface area contributed by atoms with E-state index in [0.29, 0.717) is 12.2 Å². The van der Waals surface area contributed by atoms with E-state index < -0.39 is 0 Å². The number of hydrogen-bond acceptors (Lipinski definition) is 5. The van der Waals surface area contributed by atoms with Gasteiger partial charge in [0.1, 0.15) is 11.6 Å². The normalized spacial score (nSPS) is 20.6. The molecule has 24 heavy (non-hydrogen) atoms. The van der Waals surface area contributed by atoms with Gasteiger partial charge < -0.3 is 10.1 Å². The Morgan fingerprint density at radius 1 is 1.29 bits per heavy atom. The molecular formula is C16H18N6O2. The molecule has 0 spiro atoms. The molecule has 1 aliphatic rings. The summed E-state index contributed by atoms with van der Waals surface area (Å²) in [5.74, 6) is -0.124. The van der Waals surface area contributed by atoms with E-state index in [9.17, 15) is 4.79 Å². The van der Waals surface area contributed by atoms with Gasteiger partial charge in [0.2, 0.25) is 0 Å². The summed E-state index contributed by atoms with van der Waals surface area (Å²) in [6, 6.07) is 7.22. The van der Waals surface area contributed by atoms with Crippen LogP contribution in [0, 0.1) is 0 Å². The van der Waals surface area contributed by atoms with Gasteiger partial charge in [-0.05, 0) is 30.7 Å². The van der Waals surface area contributed by atoms with E-state index in [1.165, 1.54) is 0 Å². The minimum Gasteiger partial charge on any atom is -0.370 e. The van der Waals surface area contributed by atoms with Gasteiger partial charge in [0.25, 0.3) is 5.91 Å². The topological polar surface area (TPSA) is 86.9 Å². The van der Waals surface area contributed by atoms with Crippen LogP contribution in [0.25, 0.3) is 11.0 Å². The molecule has 0 aliphatic carbocycles. The van der Waals surface area contributed by atoms with E-state index in [0.717, 1.165) is 23.1 Å². The molecule has 8 nitrogen and oxygen atoms in total. The van der Waals surface area contributed by atoms with Gasteiger partial charge >= 0.3 is 0 Å². The molecule has 3 aromatic rings. The van der Waals surface area contributed by atoms with E-state index in [2.05, 4.69) is 20.7 Å². The number of benzene rings is 1. The molecule has 2 aromatic heterocycles. The van der Waals surface area contributed by atoms with Crippen LogP contribution in [-0.2, 0) is 18.8 Å². The van der Waals surface area contributed by atoms with Crippen LogP contribution in [0.4, 0.5) is 0 Å². The smallest absolute Gasteiger partial charge is 0.251 e. The summed E-state index contributed by atoms with van der Waals surface area (Å²) < 4.78 is 9.24. The number of amides is 1. The van der Waals surface area contributed by atoms with Crippen LogP contribution < -0.4 is 5.32 Å². The fraction of sp³-hybridized carbons (Fsp3) is 0.375. The lowest BCUT2D eigenvalue weighted by Gasteiger charge is -2.20. The Hall–Kier alpha value is -2.74. The second kappa shape index (κ2) is 5.72. The highest BCUT2D eigenvalue weighted by Crippen LogP contribution is 2.29. The Labute approximate surface area is 138 Å². The van der Waals surface area contributed by atoms with E-state index >= 15 is 0 Å². The van der Waals surface area contributed by atoms with Gasteiger partial charge in [-0.25, -0.2) is 4.68 Å². The number of fused-ring (bicyclic) bond motifs is 1. The van der Waals surface area contributed by atoms with Crippen molar-refractivity contribution in [2.75, 3.05) is 6.61 Å². The minimum atomic E-state index is -0.177. The second-order valence-electron chi connectivity index (χ2n) is 5.96. The Morgan fingerprint density at radius 3 is 2.96 bits per heavy atom. The third-order valence-corrected chi connectivity index (χ3v) is 4.43. The van der Waals surface area contributed by atoms with E-state index in [1.54, 1.807) is 40.8 Å². The summed E-state index contributed by atoms with van der Waals surface area (Å²) in [6.07, 6.45) is 2.33. The number of carbonyl (C=O) groups is 1. The Bertz CT molecular complexity index is 899. The zero-order chi connectivity index (χ0) is 16.7. The van der Waals surface area contributed by atoms with Crippen molar-refractivity contribution in [2.24, 2.45) is 14.1 Å². The van der Waals surface area contributed by atoms with Gasteiger partial charge in [0.05, 0.1) is 17.3 Å². The monoisotopic (exact) mass is 326 g/mol. The van der Waals surface area contributed by atoms with Crippen LogP contribution in [0.1, 0.15) is 28.6 Å². The third-order valence-electron chi connectivity index (χ3n) is 4.43. The number of ether oxygens (including phenoxy) is 1. The first-order valence-electron chi connectivity index (χ1n) is 7.83. The molecule has 4 rings (SSSR count). The number of carbonyl (C=O) groups excluding carboxylic acids is 1. The minimum absolute atomic E-state index is 0.0757. The lowest BCUT2D eigenvalue weighted by molar-refractivity contribution is 0.0792. The predicted octanol–water partition coefficient (Wildman–Crippen LogP) is 0.962. The maximum atomic E-state index is 12.6. The number of nitrogens with zero attached hydrogens (tertiary/aromatic N) is 5. The summed E-state index contributed by atoms with van der Waals surface area (Å²) in [4.78, 5) is 12.6. The molecule has 0 unspecified atom stereocenters. The van der Waals surface area contributed by atoms with Crippen LogP contribution in [0.15, 0.2) is 30.5 Å². The van der Waals surface area contributed by atoms with Crippen molar-refractivity contribution in [3.8, 4) is 0 Å². The maximum absolute atomic E-state index is 12.6. The lowest BCUT2D eigenvalue weighted by Crippen LogP contribution is -2.37. The second-order valence-corrected chi connectivity index (χ2v) is 5.96. The molecule has 0 bridgehead atoms. The quantitative estimate of drug-likeness (QED) is 0.775. The van der Waals surface area contributed by atoms with Crippen LogP contribution in [0.2, 0.25) is 0 Å². The maximum Gasteiger partial charge on any atom is 0.251 e. The van der Waals surface area contributed by atoms with E-state index in [1.807, 2.05) is 13.1 Å². The molecule has 1 aromatic carbocycles. The van der Waals surface area contributed by atoms with Gasteiger partial charge in [-0.2, -0.15) is 5.10 Å². The van der Waals surface area contributed by atoms with Crippen molar-refractivity contribution < 1.29 is 9.53 Å². The first-order valence-corrected chi connectivity index (χ1v) is 7.83. The number of hydrogen-bond donors (Lipinski definition) is 1. The van der Waals surface area contributed by atoms with Crippen molar-refractivity contribution in [3.63, 3.8) is 0 Å². The molecule has 1 amide bonds. The molecule has 1 fully saturated rings. The summed E-state index contributed by atoms with van der Waals surface area (Å²) in [5, 5.41) is 15.2. The van der Waals surface area contributed by atoms with Crippen LogP contribution >= 0.6 is 0 Å². The molecule has 8 heteroatoms. The molecule has 0 radical (unpaired) electrons. The average Bonchev–Trinajstić information content (AvgIpc) is 3.28. The molecular weight excluding hydrogens is 308 g/mol. The van der Waals surface area contributed by atoms with Crippen molar-refractivity contribution in [3.05, 3.63) is 41.7 Å². The number of aromatic nitrogens is 5. The van der Waals surface area contributed by atoms with Crippen molar-refractivity contribution in [2.45, 2.75) is 18.6 Å². The van der Waals surface area contributed by atoms with Crippen molar-refractivity contribution in [1.29, 1.82) is 0 Å². The van der Waals surface area contributed by atoms with Gasteiger partial charge in [0, 0.05) is 32.5 Å². The lowest BCUT2D eigenvalue weighted by atomic mass is 10.1. The number of rotatable bonds is 3. The first-order chi connectivity index (χ1) is 11.6. The first kappa shape index (κ1) is 14.8. The van der Waals surface area contributed by atoms with Crippen molar-refractivity contribution >= 4 is 16.9 Å². The summed E-state index contributed by atoms with van der Waals surface area (Å²) in [7, 11) is 3.68. The average molecular weight is 326 g/mol. The number of aryl methyl sites for hydroxylation is 2. The molecule has 0 saturated carbocycles. The summed E-state index contributed by atoms with van der Waals surface area (Å²) in [6.45, 7) is 0.617. The fourth-order valence-corrected chi connectivity index (χ4v) is 3.12. The molecule has 124 valence electrons. The zero-order valence-corrected chi connectivity index (χ0v) is 13.5. The van der Waals surface area contributed by atoms with Gasteiger partial charge in [0.15, 0.2) is 0 Å². The van der Waals surface area contributed by atoms with Crippen LogP contribution in [0.3, 0.4) is 0 Å². The molecule has 1 N–H and O–H groups in total. The molecule has 2 atom stereocenters. The van der Waals surface area contributed by atoms with E-state index in [-0.39, 0.29) is 18.1 Å². The highest BCUT2D eigenvalue weighted by Gasteiger charge is 2.33. The SMILES string of the molecule is Cn1nccc1[C@H]1OCC[C@@H]1NC(=O)c1ccc2nnn(C)c2c1. The largest absolute Gasteiger partial charge is 0.370 e. The fourth-order valence-electron chi connectivity index (χ4n) is 3.12. The molecule has 3 heterocycles. The predicted molar refractivity (Wildman–Crippen MR) is 86.3 cm³/mol. The molecule has 1 saturated heterocycles. The standard InChI is InChI=1S/C16H18N6O2/c1-21-13(5-7-17-21)15-12(6-8-24-15)18-16(23)10-3-4-11-14(9-10)22(2)20-19-11/h3-5,7,9,12,15H,6,8H2,1-2H3,(H,18,23)/t12-,15-/m0/s1. The highest BCUT2D eigenvalue weighted by molar-refractivity contribution is 5.97. The Morgan fingerprint density at radius 2 is 2.17 bits per heavy atom. The highest BCUT2D eigenvalue weighted by atomic mass is 16.5. The summed E-state index contributed by atoms with van der Waals surface area (Å²) >= 11 is 0. The zero-order valence-electron chi connectivity index (χ0n) is 13.5. The molecule has 1 aliphatic heterocycles. The Kier molecular flexibility index (Phi) is 3.53. The van der Waals surface area contributed by atoms with Crippen LogP contribution in [0.5, 0.6) is 0 Å². The van der Waals surface area contributed by atoms with Crippen LogP contribution in [-0.4, -0.2) is 43.3 Å². The Balaban J connectivity index is 1.56.